The van der Waals surface area contributed by atoms with E-state index in [9.17, 15) is 18.0 Å². The minimum Gasteiger partial charge on any atom is -0.342 e. The van der Waals surface area contributed by atoms with Crippen molar-refractivity contribution in [2.45, 2.75) is 24.2 Å². The van der Waals surface area contributed by atoms with Crippen LogP contribution in [0, 0.1) is 12.3 Å². The van der Waals surface area contributed by atoms with Gasteiger partial charge in [0, 0.05) is 44.8 Å². The first-order chi connectivity index (χ1) is 14.4. The molecule has 30 heavy (non-hydrogen) atoms. The number of hydrogen-bond donors (Lipinski definition) is 1. The van der Waals surface area contributed by atoms with E-state index in [4.69, 9.17) is 6.42 Å². The van der Waals surface area contributed by atoms with Gasteiger partial charge in [0.25, 0.3) is 5.91 Å². The van der Waals surface area contributed by atoms with E-state index in [1.807, 2.05) is 4.90 Å². The lowest BCUT2D eigenvalue weighted by Gasteiger charge is -2.36. The van der Waals surface area contributed by atoms with Crippen LogP contribution in [0.25, 0.3) is 0 Å². The van der Waals surface area contributed by atoms with Gasteiger partial charge in [-0.1, -0.05) is 5.92 Å². The molecule has 0 aromatic heterocycles. The Morgan fingerprint density at radius 2 is 1.57 bits per heavy atom. The second kappa shape index (κ2) is 10.1. The van der Waals surface area contributed by atoms with E-state index < -0.39 is 10.0 Å². The van der Waals surface area contributed by atoms with Gasteiger partial charge in [0.15, 0.2) is 0 Å². The van der Waals surface area contributed by atoms with Crippen molar-refractivity contribution in [2.24, 2.45) is 0 Å². The Morgan fingerprint density at radius 1 is 0.933 bits per heavy atom. The third-order valence-corrected chi connectivity index (χ3v) is 6.92. The number of amides is 2. The zero-order valence-electron chi connectivity index (χ0n) is 17.0. The highest BCUT2D eigenvalue weighted by Crippen LogP contribution is 2.14. The molecule has 1 aromatic rings. The molecule has 2 aliphatic rings. The maximum atomic E-state index is 12.7. The average Bonchev–Trinajstić information content (AvgIpc) is 2.78. The summed E-state index contributed by atoms with van der Waals surface area (Å²) in [5.41, 5.74) is 0.434. The minimum atomic E-state index is -3.68. The van der Waals surface area contributed by atoms with E-state index in [2.05, 4.69) is 15.5 Å². The Bertz CT molecular complexity index is 894. The van der Waals surface area contributed by atoms with Crippen molar-refractivity contribution in [3.8, 4) is 12.3 Å². The fourth-order valence-electron chi connectivity index (χ4n) is 3.72. The number of terminal acetylenes is 1. The highest BCUT2D eigenvalue weighted by atomic mass is 32.2. The largest absolute Gasteiger partial charge is 0.342 e. The predicted molar refractivity (Wildman–Crippen MR) is 113 cm³/mol. The number of benzene rings is 1. The van der Waals surface area contributed by atoms with Crippen molar-refractivity contribution in [2.75, 3.05) is 52.4 Å². The molecular formula is C21H28N4O4S. The predicted octanol–water partition coefficient (Wildman–Crippen LogP) is 0.368. The number of piperidine rings is 1. The van der Waals surface area contributed by atoms with Crippen LogP contribution in [0.15, 0.2) is 29.2 Å². The molecule has 0 saturated carbocycles. The fourth-order valence-corrected chi connectivity index (χ4v) is 4.66. The summed E-state index contributed by atoms with van der Waals surface area (Å²) in [4.78, 5) is 31.0. The highest BCUT2D eigenvalue weighted by molar-refractivity contribution is 7.89. The Morgan fingerprint density at radius 3 is 2.17 bits per heavy atom. The molecule has 2 saturated heterocycles. The van der Waals surface area contributed by atoms with E-state index >= 15 is 0 Å². The van der Waals surface area contributed by atoms with Crippen molar-refractivity contribution in [1.82, 2.24) is 19.4 Å². The van der Waals surface area contributed by atoms with Crippen LogP contribution in [0.2, 0.25) is 0 Å². The number of carbonyl (C=O) groups excluding carboxylic acids is 2. The summed E-state index contributed by atoms with van der Waals surface area (Å²) in [6, 6.07) is 5.83. The lowest BCUT2D eigenvalue weighted by molar-refractivity contribution is -0.133. The van der Waals surface area contributed by atoms with Crippen LogP contribution in [0.3, 0.4) is 0 Å². The maximum absolute atomic E-state index is 12.7. The van der Waals surface area contributed by atoms with Gasteiger partial charge in [0.1, 0.15) is 0 Å². The van der Waals surface area contributed by atoms with Crippen LogP contribution < -0.4 is 4.72 Å². The standard InChI is InChI=1S/C21H28N4O4S/c1-2-10-22-30(28,29)19-8-6-18(7-9-19)21(27)25-15-13-23(14-16-25)17-20(26)24-11-4-3-5-12-24/h1,6-9,22H,3-5,10-17H2. The highest BCUT2D eigenvalue weighted by Gasteiger charge is 2.25. The number of nitrogens with one attached hydrogen (secondary N) is 1. The first-order valence-electron chi connectivity index (χ1n) is 10.2. The van der Waals surface area contributed by atoms with Crippen molar-refractivity contribution >= 4 is 21.8 Å². The summed E-state index contributed by atoms with van der Waals surface area (Å²) in [7, 11) is -3.68. The summed E-state index contributed by atoms with van der Waals surface area (Å²) < 4.78 is 26.4. The number of likely N-dealkylation sites (tertiary alicyclic amines) is 1. The molecule has 3 rings (SSSR count). The number of rotatable bonds is 6. The summed E-state index contributed by atoms with van der Waals surface area (Å²) in [6.45, 7) is 4.38. The Kier molecular flexibility index (Phi) is 7.48. The normalized spacial score (nSPS) is 18.1. The van der Waals surface area contributed by atoms with Crippen LogP contribution in [0.4, 0.5) is 0 Å². The van der Waals surface area contributed by atoms with E-state index in [1.54, 1.807) is 4.90 Å². The van der Waals surface area contributed by atoms with Gasteiger partial charge < -0.3 is 9.80 Å². The maximum Gasteiger partial charge on any atom is 0.253 e. The summed E-state index contributed by atoms with van der Waals surface area (Å²) in [6.07, 6.45) is 8.43. The number of piperazine rings is 1. The van der Waals surface area contributed by atoms with Crippen LogP contribution >= 0.6 is 0 Å². The molecule has 0 unspecified atom stereocenters. The van der Waals surface area contributed by atoms with E-state index in [0.29, 0.717) is 38.3 Å². The molecular weight excluding hydrogens is 404 g/mol. The summed E-state index contributed by atoms with van der Waals surface area (Å²) in [5, 5.41) is 0. The van der Waals surface area contributed by atoms with Crippen LogP contribution in [-0.4, -0.2) is 87.3 Å². The molecule has 2 heterocycles. The van der Waals surface area contributed by atoms with Crippen molar-refractivity contribution in [3.63, 3.8) is 0 Å². The van der Waals surface area contributed by atoms with E-state index in [1.165, 1.54) is 30.7 Å². The molecule has 2 fully saturated rings. The molecule has 0 atom stereocenters. The molecule has 2 aliphatic heterocycles. The molecule has 0 spiro atoms. The zero-order chi connectivity index (χ0) is 21.6. The van der Waals surface area contributed by atoms with E-state index in [-0.39, 0.29) is 23.3 Å². The van der Waals surface area contributed by atoms with Gasteiger partial charge in [0.2, 0.25) is 15.9 Å². The fraction of sp³-hybridized carbons (Fsp3) is 0.524. The van der Waals surface area contributed by atoms with Gasteiger partial charge in [-0.2, -0.15) is 4.72 Å². The Balaban J connectivity index is 1.51. The lowest BCUT2D eigenvalue weighted by atomic mass is 10.1. The molecule has 0 aliphatic carbocycles. The molecule has 2 amide bonds. The van der Waals surface area contributed by atoms with Gasteiger partial charge in [-0.15, -0.1) is 6.42 Å². The molecule has 0 radical (unpaired) electrons. The topological polar surface area (TPSA) is 90.0 Å². The SMILES string of the molecule is C#CCNS(=O)(=O)c1ccc(C(=O)N2CCN(CC(=O)N3CCCCC3)CC2)cc1. The van der Waals surface area contributed by atoms with Crippen molar-refractivity contribution in [3.05, 3.63) is 29.8 Å². The molecule has 8 nitrogen and oxygen atoms in total. The van der Waals surface area contributed by atoms with Gasteiger partial charge in [-0.25, -0.2) is 8.42 Å². The van der Waals surface area contributed by atoms with E-state index in [0.717, 1.165) is 25.9 Å². The molecule has 9 heteroatoms. The number of nitrogens with zero attached hydrogens (tertiary/aromatic N) is 3. The van der Waals surface area contributed by atoms with Crippen LogP contribution in [-0.2, 0) is 14.8 Å². The number of hydrogen-bond acceptors (Lipinski definition) is 5. The van der Waals surface area contributed by atoms with Gasteiger partial charge in [-0.3, -0.25) is 14.5 Å². The summed E-state index contributed by atoms with van der Waals surface area (Å²) in [5.74, 6) is 2.25. The average molecular weight is 433 g/mol. The molecule has 1 aromatic carbocycles. The second-order valence-corrected chi connectivity index (χ2v) is 9.33. The van der Waals surface area contributed by atoms with Gasteiger partial charge in [-0.05, 0) is 43.5 Å². The Labute approximate surface area is 178 Å². The lowest BCUT2D eigenvalue weighted by Crippen LogP contribution is -2.52. The first-order valence-corrected chi connectivity index (χ1v) is 11.7. The number of sulfonamides is 1. The summed E-state index contributed by atoms with van der Waals surface area (Å²) >= 11 is 0. The first kappa shape index (κ1) is 22.3. The van der Waals surface area contributed by atoms with Gasteiger partial charge in [0.05, 0.1) is 18.0 Å². The van der Waals surface area contributed by atoms with Crippen LogP contribution in [0.5, 0.6) is 0 Å². The Hall–Kier alpha value is -2.41. The minimum absolute atomic E-state index is 0.0651. The third kappa shape index (κ3) is 5.59. The number of carbonyl (C=O) groups is 2. The second-order valence-electron chi connectivity index (χ2n) is 7.56. The third-order valence-electron chi connectivity index (χ3n) is 5.50. The quantitative estimate of drug-likeness (QED) is 0.656. The molecule has 162 valence electrons. The zero-order valence-corrected chi connectivity index (χ0v) is 17.9. The molecule has 0 bridgehead atoms. The smallest absolute Gasteiger partial charge is 0.253 e. The van der Waals surface area contributed by atoms with Gasteiger partial charge >= 0.3 is 0 Å². The van der Waals surface area contributed by atoms with Crippen molar-refractivity contribution < 1.29 is 18.0 Å². The monoisotopic (exact) mass is 432 g/mol. The molecule has 1 N–H and O–H groups in total. The van der Waals surface area contributed by atoms with Crippen molar-refractivity contribution in [1.29, 1.82) is 0 Å². The van der Waals surface area contributed by atoms with Crippen LogP contribution in [0.1, 0.15) is 29.6 Å².